The first-order valence-electron chi connectivity index (χ1n) is 5.79. The third-order valence-electron chi connectivity index (χ3n) is 2.12. The van der Waals surface area contributed by atoms with Gasteiger partial charge in [-0.15, -0.1) is 0 Å². The molecule has 0 aromatic heterocycles. The molecule has 0 aliphatic carbocycles. The minimum absolute atomic E-state index is 1.22. The molecule has 0 atom stereocenters. The molecule has 0 spiro atoms. The average molecular weight is 192 g/mol. The Balaban J connectivity index is 3.11. The molecule has 80 valence electrons. The van der Waals surface area contributed by atoms with Crippen molar-refractivity contribution in [1.82, 2.24) is 0 Å². The minimum atomic E-state index is 1.22. The van der Waals surface area contributed by atoms with Gasteiger partial charge in [0.05, 0.1) is 0 Å². The van der Waals surface area contributed by atoms with Crippen LogP contribution in [0, 0.1) is 0 Å². The highest BCUT2D eigenvalue weighted by atomic mass is 13.9. The van der Waals surface area contributed by atoms with Crippen LogP contribution in [0.4, 0.5) is 0 Å². The summed E-state index contributed by atoms with van der Waals surface area (Å²) in [5, 5.41) is 0. The lowest BCUT2D eigenvalue weighted by atomic mass is 10.2. The van der Waals surface area contributed by atoms with Crippen molar-refractivity contribution in [2.24, 2.45) is 0 Å². The second-order valence-electron chi connectivity index (χ2n) is 3.47. The maximum absolute atomic E-state index is 2.32. The van der Waals surface area contributed by atoms with Crippen molar-refractivity contribution in [3.63, 3.8) is 0 Å². The van der Waals surface area contributed by atoms with Crippen molar-refractivity contribution in [2.75, 3.05) is 0 Å². The normalized spacial score (nSPS) is 12.4. The van der Waals surface area contributed by atoms with Gasteiger partial charge in [-0.25, -0.2) is 0 Å². The number of hydrogen-bond donors (Lipinski definition) is 0. The molecule has 0 aromatic rings. The molecule has 0 amide bonds. The Morgan fingerprint density at radius 2 is 0.929 bits per heavy atom. The molecule has 0 saturated heterocycles. The van der Waals surface area contributed by atoms with Gasteiger partial charge in [-0.05, 0) is 52.4 Å². The quantitative estimate of drug-likeness (QED) is 0.373. The van der Waals surface area contributed by atoms with Gasteiger partial charge in [0.15, 0.2) is 0 Å². The van der Waals surface area contributed by atoms with Crippen LogP contribution in [-0.4, -0.2) is 0 Å². The third-order valence-corrected chi connectivity index (χ3v) is 2.12. The highest BCUT2D eigenvalue weighted by Crippen LogP contribution is 2.01. The first kappa shape index (κ1) is 13.2. The van der Waals surface area contributed by atoms with Crippen molar-refractivity contribution < 1.29 is 0 Å². The fourth-order valence-corrected chi connectivity index (χ4v) is 1.28. The second kappa shape index (κ2) is 12.2. The van der Waals surface area contributed by atoms with Crippen molar-refractivity contribution in [3.05, 3.63) is 36.5 Å². The smallest absolute Gasteiger partial charge is 0.0348 e. The van der Waals surface area contributed by atoms with Gasteiger partial charge in [0.25, 0.3) is 0 Å². The first-order valence-corrected chi connectivity index (χ1v) is 5.79. The van der Waals surface area contributed by atoms with E-state index in [1.165, 1.54) is 38.5 Å². The number of hydrogen-bond acceptors (Lipinski definition) is 0. The largest absolute Gasteiger partial charge is 0.0917 e. The predicted octanol–water partition coefficient (Wildman–Crippen LogP) is 5.04. The van der Waals surface area contributed by atoms with Crippen LogP contribution >= 0.6 is 0 Å². The Bertz CT molecular complexity index is 152. The zero-order chi connectivity index (χ0) is 10.5. The number of allylic oxidation sites excluding steroid dienone is 6. The molecule has 14 heavy (non-hydrogen) atoms. The zero-order valence-electron chi connectivity index (χ0n) is 9.71. The monoisotopic (exact) mass is 192 g/mol. The maximum atomic E-state index is 2.32. The molecule has 0 heterocycles. The van der Waals surface area contributed by atoms with Crippen molar-refractivity contribution in [1.29, 1.82) is 0 Å². The second-order valence-corrected chi connectivity index (χ2v) is 3.47. The van der Waals surface area contributed by atoms with Crippen molar-refractivity contribution in [3.8, 4) is 0 Å². The van der Waals surface area contributed by atoms with Gasteiger partial charge >= 0.3 is 0 Å². The molecule has 0 N–H and O–H groups in total. The zero-order valence-corrected chi connectivity index (χ0v) is 9.71. The van der Waals surface area contributed by atoms with Gasteiger partial charge in [-0.1, -0.05) is 36.5 Å². The van der Waals surface area contributed by atoms with Gasteiger partial charge in [-0.3, -0.25) is 0 Å². The number of rotatable bonds is 8. The van der Waals surface area contributed by atoms with Crippen LogP contribution in [0.2, 0.25) is 0 Å². The van der Waals surface area contributed by atoms with Crippen LogP contribution in [0.25, 0.3) is 0 Å². The Kier molecular flexibility index (Phi) is 11.5. The highest BCUT2D eigenvalue weighted by molar-refractivity contribution is 4.85. The molecule has 0 bridgehead atoms. The van der Waals surface area contributed by atoms with E-state index < -0.39 is 0 Å². The summed E-state index contributed by atoms with van der Waals surface area (Å²) in [7, 11) is 0. The Morgan fingerprint density at radius 3 is 1.29 bits per heavy atom. The summed E-state index contributed by atoms with van der Waals surface area (Å²) < 4.78 is 0. The topological polar surface area (TPSA) is 0 Å². The van der Waals surface area contributed by atoms with Crippen LogP contribution in [0.1, 0.15) is 52.4 Å². The van der Waals surface area contributed by atoms with Gasteiger partial charge in [0.2, 0.25) is 0 Å². The van der Waals surface area contributed by atoms with Crippen LogP contribution < -0.4 is 0 Å². The van der Waals surface area contributed by atoms with E-state index in [4.69, 9.17) is 0 Å². The Morgan fingerprint density at radius 1 is 0.571 bits per heavy atom. The van der Waals surface area contributed by atoms with Gasteiger partial charge in [-0.2, -0.15) is 0 Å². The molecule has 0 aliphatic heterocycles. The fourth-order valence-electron chi connectivity index (χ4n) is 1.28. The molecule has 0 radical (unpaired) electrons. The fraction of sp³-hybridized carbons (Fsp3) is 0.571. The molecule has 0 aliphatic rings. The molecule has 0 fully saturated rings. The molecular formula is C14H24. The lowest BCUT2D eigenvalue weighted by Gasteiger charge is -1.91. The Hall–Kier alpha value is -0.780. The highest BCUT2D eigenvalue weighted by Gasteiger charge is 1.81. The molecular weight excluding hydrogens is 168 g/mol. The van der Waals surface area contributed by atoms with Crippen LogP contribution in [0.15, 0.2) is 36.5 Å². The van der Waals surface area contributed by atoms with E-state index in [9.17, 15) is 0 Å². The van der Waals surface area contributed by atoms with E-state index in [0.29, 0.717) is 0 Å². The number of unbranched alkanes of at least 4 members (excludes halogenated alkanes) is 4. The van der Waals surface area contributed by atoms with Gasteiger partial charge in [0.1, 0.15) is 0 Å². The lowest BCUT2D eigenvalue weighted by molar-refractivity contribution is 0.840. The van der Waals surface area contributed by atoms with E-state index >= 15 is 0 Å². The molecule has 0 rings (SSSR count). The standard InChI is InChI=1S/C14H24/c1-3-5-7-9-11-13-14-12-10-8-6-4-2/h3-6,13-14H,7-12H2,1-2H3. The van der Waals surface area contributed by atoms with E-state index in [-0.39, 0.29) is 0 Å². The predicted molar refractivity (Wildman–Crippen MR) is 66.5 cm³/mol. The Labute approximate surface area is 89.4 Å². The summed E-state index contributed by atoms with van der Waals surface area (Å²) in [4.78, 5) is 0. The maximum Gasteiger partial charge on any atom is -0.0348 e. The average Bonchev–Trinajstić information content (AvgIpc) is 2.21. The molecule has 0 aromatic carbocycles. The lowest BCUT2D eigenvalue weighted by Crippen LogP contribution is -1.71. The molecule has 0 nitrogen and oxygen atoms in total. The summed E-state index contributed by atoms with van der Waals surface area (Å²) >= 11 is 0. The summed E-state index contributed by atoms with van der Waals surface area (Å²) in [6.07, 6.45) is 20.8. The van der Waals surface area contributed by atoms with Crippen molar-refractivity contribution >= 4 is 0 Å². The molecule has 0 heteroatoms. The third kappa shape index (κ3) is 11.2. The van der Waals surface area contributed by atoms with E-state index in [0.717, 1.165) is 0 Å². The van der Waals surface area contributed by atoms with E-state index in [1.54, 1.807) is 0 Å². The van der Waals surface area contributed by atoms with Crippen molar-refractivity contribution in [2.45, 2.75) is 52.4 Å². The summed E-state index contributed by atoms with van der Waals surface area (Å²) in [6.45, 7) is 4.16. The first-order chi connectivity index (χ1) is 6.91. The van der Waals surface area contributed by atoms with E-state index in [1.807, 2.05) is 0 Å². The summed E-state index contributed by atoms with van der Waals surface area (Å²) in [5.41, 5.74) is 0. The molecule has 0 saturated carbocycles. The minimum Gasteiger partial charge on any atom is -0.0917 e. The summed E-state index contributed by atoms with van der Waals surface area (Å²) in [6, 6.07) is 0. The van der Waals surface area contributed by atoms with Crippen LogP contribution in [-0.2, 0) is 0 Å². The SMILES string of the molecule is CC=CCCCC=CCCCC=CC. The van der Waals surface area contributed by atoms with Crippen LogP contribution in [0.5, 0.6) is 0 Å². The molecule has 0 unspecified atom stereocenters. The summed E-state index contributed by atoms with van der Waals surface area (Å²) in [5.74, 6) is 0. The van der Waals surface area contributed by atoms with Gasteiger partial charge in [0, 0.05) is 0 Å². The van der Waals surface area contributed by atoms with Gasteiger partial charge < -0.3 is 0 Å². The van der Waals surface area contributed by atoms with E-state index in [2.05, 4.69) is 50.3 Å². The van der Waals surface area contributed by atoms with Crippen LogP contribution in [0.3, 0.4) is 0 Å².